The number of hydrogen-bond acceptors (Lipinski definition) is 4. The molecule has 1 amide bonds. The third kappa shape index (κ3) is 4.25. The highest BCUT2D eigenvalue weighted by Gasteiger charge is 2.36. The molecule has 0 saturated carbocycles. The summed E-state index contributed by atoms with van der Waals surface area (Å²) in [5.41, 5.74) is 3.99. The zero-order valence-electron chi connectivity index (χ0n) is 17.9. The lowest BCUT2D eigenvalue weighted by Crippen LogP contribution is -2.38. The van der Waals surface area contributed by atoms with Crippen LogP contribution in [0.4, 0.5) is 0 Å². The predicted molar refractivity (Wildman–Crippen MR) is 134 cm³/mol. The number of aliphatic imine (C=N–C) groups is 1. The summed E-state index contributed by atoms with van der Waals surface area (Å²) in [6.07, 6.45) is 1.63. The van der Waals surface area contributed by atoms with E-state index in [0.717, 1.165) is 28.1 Å². The molecule has 33 heavy (non-hydrogen) atoms. The van der Waals surface area contributed by atoms with Crippen molar-refractivity contribution in [1.82, 2.24) is 4.90 Å². The number of carbonyl (C=O) groups is 1. The van der Waals surface area contributed by atoms with Gasteiger partial charge < -0.3 is 4.74 Å². The Morgan fingerprint density at radius 2 is 1.64 bits per heavy atom. The Labute approximate surface area is 196 Å². The highest BCUT2D eigenvalue weighted by atomic mass is 32.2. The van der Waals surface area contributed by atoms with Crippen LogP contribution in [0.1, 0.15) is 29.7 Å². The van der Waals surface area contributed by atoms with E-state index < -0.39 is 5.91 Å². The van der Waals surface area contributed by atoms with Gasteiger partial charge in [-0.1, -0.05) is 84.6 Å². The summed E-state index contributed by atoms with van der Waals surface area (Å²) < 4.78 is 6.04. The summed E-state index contributed by atoms with van der Waals surface area (Å²) in [7, 11) is 0. The van der Waals surface area contributed by atoms with Crippen molar-refractivity contribution in [2.24, 2.45) is 4.99 Å². The molecule has 3 aromatic rings. The van der Waals surface area contributed by atoms with Crippen LogP contribution in [0.25, 0.3) is 11.8 Å². The Kier molecular flexibility index (Phi) is 5.67. The van der Waals surface area contributed by atoms with Crippen LogP contribution in [-0.4, -0.2) is 21.8 Å². The standard InChI is InChI=1S/C27H21N3O2S/c1-18(20-8-4-2-5-9-20)32-22-14-12-19(13-15-22)16-23-25(28)30-24(21-10-6-3-7-11-21)17-33-27(30)29-26(23)31/h2-18,28H,1H3/b23-16-,28-25?/t18-/m0/s1. The molecule has 1 N–H and O–H groups in total. The van der Waals surface area contributed by atoms with Crippen molar-refractivity contribution in [3.05, 3.63) is 113 Å². The second-order valence-corrected chi connectivity index (χ2v) is 8.50. The molecule has 0 fully saturated rings. The molecular weight excluding hydrogens is 430 g/mol. The zero-order chi connectivity index (χ0) is 22.8. The molecule has 3 aromatic carbocycles. The lowest BCUT2D eigenvalue weighted by Gasteiger charge is -2.26. The number of nitrogens with zero attached hydrogens (tertiary/aromatic N) is 2. The molecule has 1 atom stereocenters. The zero-order valence-corrected chi connectivity index (χ0v) is 18.8. The van der Waals surface area contributed by atoms with E-state index in [1.54, 1.807) is 11.0 Å². The smallest absolute Gasteiger partial charge is 0.283 e. The molecule has 0 radical (unpaired) electrons. The summed E-state index contributed by atoms with van der Waals surface area (Å²) in [5, 5.41) is 11.2. The maximum atomic E-state index is 12.7. The lowest BCUT2D eigenvalue weighted by molar-refractivity contribution is -0.114. The van der Waals surface area contributed by atoms with Gasteiger partial charge in [-0.15, -0.1) is 0 Å². The Balaban J connectivity index is 1.36. The monoisotopic (exact) mass is 451 g/mol. The van der Waals surface area contributed by atoms with Crippen molar-refractivity contribution in [1.29, 1.82) is 5.41 Å². The molecule has 0 aromatic heterocycles. The van der Waals surface area contributed by atoms with Crippen LogP contribution in [0.15, 0.2) is 101 Å². The van der Waals surface area contributed by atoms with Gasteiger partial charge in [-0.3, -0.25) is 15.1 Å². The summed E-state index contributed by atoms with van der Waals surface area (Å²) in [5.74, 6) is 0.465. The van der Waals surface area contributed by atoms with Gasteiger partial charge in [0, 0.05) is 5.41 Å². The summed E-state index contributed by atoms with van der Waals surface area (Å²) in [6, 6.07) is 27.4. The highest BCUT2D eigenvalue weighted by molar-refractivity contribution is 8.17. The van der Waals surface area contributed by atoms with Gasteiger partial charge in [0.25, 0.3) is 5.91 Å². The molecule has 6 heteroatoms. The average molecular weight is 452 g/mol. The second-order valence-electron chi connectivity index (χ2n) is 7.67. The fourth-order valence-electron chi connectivity index (χ4n) is 3.72. The first kappa shape index (κ1) is 21.0. The van der Waals surface area contributed by atoms with Crippen LogP contribution in [0.5, 0.6) is 5.75 Å². The highest BCUT2D eigenvalue weighted by Crippen LogP contribution is 2.37. The van der Waals surface area contributed by atoms with E-state index in [1.807, 2.05) is 97.3 Å². The molecule has 0 unspecified atom stereocenters. The van der Waals surface area contributed by atoms with Crippen molar-refractivity contribution in [2.75, 3.05) is 0 Å². The minimum atomic E-state index is -0.403. The van der Waals surface area contributed by atoms with Gasteiger partial charge in [0.15, 0.2) is 5.17 Å². The van der Waals surface area contributed by atoms with E-state index in [1.165, 1.54) is 11.8 Å². The van der Waals surface area contributed by atoms with Crippen LogP contribution in [0.2, 0.25) is 0 Å². The largest absolute Gasteiger partial charge is 0.486 e. The molecule has 0 spiro atoms. The maximum absolute atomic E-state index is 12.7. The molecule has 2 heterocycles. The van der Waals surface area contributed by atoms with Gasteiger partial charge in [-0.05, 0) is 41.8 Å². The van der Waals surface area contributed by atoms with Crippen molar-refractivity contribution < 1.29 is 9.53 Å². The lowest BCUT2D eigenvalue weighted by atomic mass is 10.1. The number of carbonyl (C=O) groups excluding carboxylic acids is 1. The van der Waals surface area contributed by atoms with E-state index in [0.29, 0.717) is 5.17 Å². The first-order chi connectivity index (χ1) is 16.1. The maximum Gasteiger partial charge on any atom is 0.283 e. The number of benzene rings is 3. The molecule has 2 aliphatic rings. The molecule has 2 aliphatic heterocycles. The first-order valence-corrected chi connectivity index (χ1v) is 11.5. The number of rotatable bonds is 5. The third-order valence-electron chi connectivity index (χ3n) is 5.46. The van der Waals surface area contributed by atoms with Crippen LogP contribution in [0, 0.1) is 5.41 Å². The summed E-state index contributed by atoms with van der Waals surface area (Å²) in [4.78, 5) is 18.6. The minimum absolute atomic E-state index is 0.0767. The molecule has 0 saturated heterocycles. The van der Waals surface area contributed by atoms with E-state index in [9.17, 15) is 4.79 Å². The molecule has 5 rings (SSSR count). The molecule has 5 nitrogen and oxygen atoms in total. The number of hydrogen-bond donors (Lipinski definition) is 1. The van der Waals surface area contributed by atoms with E-state index in [-0.39, 0.29) is 17.5 Å². The van der Waals surface area contributed by atoms with Gasteiger partial charge in [0.05, 0.1) is 11.3 Å². The number of nitrogens with one attached hydrogen (secondary N) is 1. The van der Waals surface area contributed by atoms with Crippen LogP contribution in [-0.2, 0) is 4.79 Å². The third-order valence-corrected chi connectivity index (χ3v) is 6.28. The summed E-state index contributed by atoms with van der Waals surface area (Å²) >= 11 is 1.36. The normalized spacial score (nSPS) is 17.5. The van der Waals surface area contributed by atoms with Crippen LogP contribution in [0.3, 0.4) is 0 Å². The number of thioether (sulfide) groups is 1. The van der Waals surface area contributed by atoms with Crippen LogP contribution >= 0.6 is 11.8 Å². The van der Waals surface area contributed by atoms with Crippen LogP contribution < -0.4 is 4.74 Å². The van der Waals surface area contributed by atoms with E-state index in [2.05, 4.69) is 4.99 Å². The Bertz CT molecular complexity index is 1300. The Morgan fingerprint density at radius 1 is 0.970 bits per heavy atom. The van der Waals surface area contributed by atoms with E-state index in [4.69, 9.17) is 10.1 Å². The quantitative estimate of drug-likeness (QED) is 0.474. The summed E-state index contributed by atoms with van der Waals surface area (Å²) in [6.45, 7) is 2.01. The number of amides is 1. The topological polar surface area (TPSA) is 65.8 Å². The average Bonchev–Trinajstić information content (AvgIpc) is 3.28. The second kappa shape index (κ2) is 8.92. The van der Waals surface area contributed by atoms with Crippen molar-refractivity contribution in [3.63, 3.8) is 0 Å². The van der Waals surface area contributed by atoms with Gasteiger partial charge in [-0.2, -0.15) is 4.99 Å². The van der Waals surface area contributed by atoms with Gasteiger partial charge in [-0.25, -0.2) is 0 Å². The predicted octanol–water partition coefficient (Wildman–Crippen LogP) is 6.13. The van der Waals surface area contributed by atoms with Gasteiger partial charge >= 0.3 is 0 Å². The number of fused-ring (bicyclic) bond motifs is 1. The fourth-order valence-corrected chi connectivity index (χ4v) is 4.61. The SMILES string of the molecule is C[C@H](Oc1ccc(/C=C2/C(=N)N3C(c4ccccc4)=CSC3=NC2=O)cc1)c1ccccc1. The fraction of sp³-hybridized carbons (Fsp3) is 0.0741. The minimum Gasteiger partial charge on any atom is -0.486 e. The molecule has 0 aliphatic carbocycles. The van der Waals surface area contributed by atoms with Crippen molar-refractivity contribution in [3.8, 4) is 5.75 Å². The van der Waals surface area contributed by atoms with Gasteiger partial charge in [0.1, 0.15) is 17.7 Å². The molecular formula is C27H21N3O2S. The van der Waals surface area contributed by atoms with Crippen molar-refractivity contribution in [2.45, 2.75) is 13.0 Å². The molecule has 162 valence electrons. The van der Waals surface area contributed by atoms with E-state index >= 15 is 0 Å². The van der Waals surface area contributed by atoms with Gasteiger partial charge in [0.2, 0.25) is 0 Å². The Morgan fingerprint density at radius 3 is 2.33 bits per heavy atom. The number of amidine groups is 2. The molecule has 0 bridgehead atoms. The number of ether oxygens (including phenoxy) is 1. The first-order valence-electron chi connectivity index (χ1n) is 10.6. The van der Waals surface area contributed by atoms with Crippen molar-refractivity contribution >= 4 is 40.4 Å². The Hall–Kier alpha value is -3.90.